The summed E-state index contributed by atoms with van der Waals surface area (Å²) in [4.78, 5) is 25.4. The van der Waals surface area contributed by atoms with E-state index in [2.05, 4.69) is 26.1 Å². The number of anilines is 2. The zero-order valence-electron chi connectivity index (χ0n) is 20.9. The summed E-state index contributed by atoms with van der Waals surface area (Å²) in [5.41, 5.74) is 2.52. The summed E-state index contributed by atoms with van der Waals surface area (Å²) in [5, 5.41) is 2.75. The van der Waals surface area contributed by atoms with E-state index in [1.165, 1.54) is 18.2 Å². The summed E-state index contributed by atoms with van der Waals surface area (Å²) in [6.07, 6.45) is 1.21. The molecule has 1 N–H and O–H groups in total. The number of hydrogen-bond acceptors (Lipinski definition) is 4. The average molecular weight is 511 g/mol. The lowest BCUT2D eigenvalue weighted by atomic mass is 9.86. The number of carbonyl (C=O) groups is 2. The van der Waals surface area contributed by atoms with Gasteiger partial charge in [-0.25, -0.2) is 12.8 Å². The Morgan fingerprint density at radius 2 is 1.58 bits per heavy atom. The van der Waals surface area contributed by atoms with E-state index in [9.17, 15) is 22.4 Å². The van der Waals surface area contributed by atoms with Crippen LogP contribution in [0.4, 0.5) is 15.8 Å². The monoisotopic (exact) mass is 510 g/mol. The lowest BCUT2D eigenvalue weighted by Gasteiger charge is -2.22. The fourth-order valence-electron chi connectivity index (χ4n) is 3.75. The SMILES string of the molecule is CC(C)(C)c1ccc(C(=O)c2cccc(NC(=O)CCCN(c3ccccc3F)S(C)(=O)=O)c2)cc1. The third-order valence-electron chi connectivity index (χ3n) is 5.71. The van der Waals surface area contributed by atoms with Crippen molar-refractivity contribution in [2.45, 2.75) is 39.0 Å². The second kappa shape index (κ2) is 11.0. The Kier molecular flexibility index (Phi) is 8.30. The van der Waals surface area contributed by atoms with Gasteiger partial charge in [-0.15, -0.1) is 0 Å². The molecule has 0 saturated carbocycles. The molecule has 190 valence electrons. The van der Waals surface area contributed by atoms with E-state index in [-0.39, 0.29) is 42.2 Å². The highest BCUT2D eigenvalue weighted by atomic mass is 32.2. The van der Waals surface area contributed by atoms with Crippen LogP contribution in [0.2, 0.25) is 0 Å². The topological polar surface area (TPSA) is 83.6 Å². The molecule has 3 rings (SSSR count). The average Bonchev–Trinajstić information content (AvgIpc) is 2.81. The normalized spacial score (nSPS) is 11.7. The van der Waals surface area contributed by atoms with Gasteiger partial charge in [-0.3, -0.25) is 13.9 Å². The molecule has 0 bridgehead atoms. The van der Waals surface area contributed by atoms with E-state index in [1.807, 2.05) is 12.1 Å². The van der Waals surface area contributed by atoms with Gasteiger partial charge in [-0.05, 0) is 41.7 Å². The summed E-state index contributed by atoms with van der Waals surface area (Å²) < 4.78 is 39.4. The van der Waals surface area contributed by atoms with Gasteiger partial charge < -0.3 is 5.32 Å². The van der Waals surface area contributed by atoms with Gasteiger partial charge in [0.05, 0.1) is 11.9 Å². The van der Waals surface area contributed by atoms with Crippen LogP contribution in [-0.2, 0) is 20.2 Å². The number of sulfonamides is 1. The van der Waals surface area contributed by atoms with Crippen LogP contribution in [0, 0.1) is 5.82 Å². The first-order valence-electron chi connectivity index (χ1n) is 11.6. The van der Waals surface area contributed by atoms with Gasteiger partial charge in [0.2, 0.25) is 15.9 Å². The van der Waals surface area contributed by atoms with Crippen molar-refractivity contribution in [1.82, 2.24) is 0 Å². The predicted molar refractivity (Wildman–Crippen MR) is 141 cm³/mol. The number of benzene rings is 3. The van der Waals surface area contributed by atoms with Gasteiger partial charge in [0.25, 0.3) is 0 Å². The number of para-hydroxylation sites is 1. The molecule has 0 aliphatic heterocycles. The molecular formula is C28H31FN2O4S. The van der Waals surface area contributed by atoms with Crippen LogP contribution in [0.3, 0.4) is 0 Å². The lowest BCUT2D eigenvalue weighted by Crippen LogP contribution is -2.32. The molecule has 0 aliphatic rings. The van der Waals surface area contributed by atoms with Crippen molar-refractivity contribution < 1.29 is 22.4 Å². The Morgan fingerprint density at radius 1 is 0.917 bits per heavy atom. The Hall–Kier alpha value is -3.52. The highest BCUT2D eigenvalue weighted by molar-refractivity contribution is 7.92. The summed E-state index contributed by atoms with van der Waals surface area (Å²) in [5.74, 6) is -1.14. The molecule has 0 saturated heterocycles. The fraction of sp³-hybridized carbons (Fsp3) is 0.286. The molecular weight excluding hydrogens is 479 g/mol. The van der Waals surface area contributed by atoms with Crippen molar-refractivity contribution in [2.75, 3.05) is 22.4 Å². The number of nitrogens with one attached hydrogen (secondary N) is 1. The summed E-state index contributed by atoms with van der Waals surface area (Å²) >= 11 is 0. The van der Waals surface area contributed by atoms with Crippen molar-refractivity contribution in [3.63, 3.8) is 0 Å². The first kappa shape index (κ1) is 27.1. The maximum Gasteiger partial charge on any atom is 0.232 e. The van der Waals surface area contributed by atoms with Gasteiger partial charge in [0, 0.05) is 29.8 Å². The summed E-state index contributed by atoms with van der Waals surface area (Å²) in [6.45, 7) is 6.27. The molecule has 0 aliphatic carbocycles. The highest BCUT2D eigenvalue weighted by Gasteiger charge is 2.21. The minimum Gasteiger partial charge on any atom is -0.326 e. The standard InChI is InChI=1S/C28H31FN2O4S/c1-28(2,3)22-16-14-20(15-17-22)27(33)21-9-7-10-23(19-21)30-26(32)13-8-18-31(36(4,34)35)25-12-6-5-11-24(25)29/h5-7,9-12,14-17,19H,8,13,18H2,1-4H3,(H,30,32). The van der Waals surface area contributed by atoms with Crippen molar-refractivity contribution in [3.05, 3.63) is 95.3 Å². The zero-order valence-corrected chi connectivity index (χ0v) is 21.7. The van der Waals surface area contributed by atoms with E-state index >= 15 is 0 Å². The van der Waals surface area contributed by atoms with Crippen molar-refractivity contribution >= 4 is 33.1 Å². The third kappa shape index (κ3) is 7.01. The number of rotatable bonds is 9. The number of nitrogens with zero attached hydrogens (tertiary/aromatic N) is 1. The zero-order chi connectivity index (χ0) is 26.5. The molecule has 0 spiro atoms. The molecule has 1 amide bonds. The Labute approximate surface area is 212 Å². The summed E-state index contributed by atoms with van der Waals surface area (Å²) in [6, 6.07) is 19.8. The molecule has 0 heterocycles. The number of halogens is 1. The van der Waals surface area contributed by atoms with E-state index in [4.69, 9.17) is 0 Å². The van der Waals surface area contributed by atoms with E-state index in [0.29, 0.717) is 16.8 Å². The molecule has 0 atom stereocenters. The van der Waals surface area contributed by atoms with Gasteiger partial charge in [0.15, 0.2) is 5.78 Å². The van der Waals surface area contributed by atoms with Crippen LogP contribution in [0.1, 0.15) is 55.1 Å². The van der Waals surface area contributed by atoms with Crippen molar-refractivity contribution in [1.29, 1.82) is 0 Å². The van der Waals surface area contributed by atoms with E-state index in [1.54, 1.807) is 42.5 Å². The second-order valence-corrected chi connectivity index (χ2v) is 11.6. The number of ketones is 1. The predicted octanol–water partition coefficient (Wildman–Crippen LogP) is 5.54. The van der Waals surface area contributed by atoms with Gasteiger partial charge >= 0.3 is 0 Å². The fourth-order valence-corrected chi connectivity index (χ4v) is 4.72. The maximum absolute atomic E-state index is 14.1. The Bertz CT molecular complexity index is 1350. The number of amides is 1. The molecule has 3 aromatic rings. The van der Waals surface area contributed by atoms with E-state index in [0.717, 1.165) is 16.1 Å². The van der Waals surface area contributed by atoms with Crippen LogP contribution in [-0.4, -0.2) is 32.9 Å². The van der Waals surface area contributed by atoms with Crippen molar-refractivity contribution in [2.24, 2.45) is 0 Å². The van der Waals surface area contributed by atoms with Crippen LogP contribution >= 0.6 is 0 Å². The highest BCUT2D eigenvalue weighted by Crippen LogP contribution is 2.24. The minimum absolute atomic E-state index is 0.0145. The maximum atomic E-state index is 14.1. The third-order valence-corrected chi connectivity index (χ3v) is 6.89. The van der Waals surface area contributed by atoms with Gasteiger partial charge in [-0.1, -0.05) is 69.3 Å². The van der Waals surface area contributed by atoms with Crippen LogP contribution in [0.5, 0.6) is 0 Å². The minimum atomic E-state index is -3.73. The molecule has 0 radical (unpaired) electrons. The van der Waals surface area contributed by atoms with Crippen LogP contribution < -0.4 is 9.62 Å². The Morgan fingerprint density at radius 3 is 2.19 bits per heavy atom. The quantitative estimate of drug-likeness (QED) is 0.383. The second-order valence-electron chi connectivity index (χ2n) is 9.68. The van der Waals surface area contributed by atoms with Crippen LogP contribution in [0.25, 0.3) is 0 Å². The molecule has 0 fully saturated rings. The molecule has 0 aromatic heterocycles. The Balaban J connectivity index is 1.62. The molecule has 0 unspecified atom stereocenters. The summed E-state index contributed by atoms with van der Waals surface area (Å²) in [7, 11) is -3.73. The number of hydrogen-bond donors (Lipinski definition) is 1. The van der Waals surface area contributed by atoms with Crippen molar-refractivity contribution in [3.8, 4) is 0 Å². The lowest BCUT2D eigenvalue weighted by molar-refractivity contribution is -0.116. The molecule has 36 heavy (non-hydrogen) atoms. The first-order valence-corrected chi connectivity index (χ1v) is 13.5. The van der Waals surface area contributed by atoms with Crippen LogP contribution in [0.15, 0.2) is 72.8 Å². The van der Waals surface area contributed by atoms with Gasteiger partial charge in [-0.2, -0.15) is 0 Å². The molecule has 3 aromatic carbocycles. The smallest absolute Gasteiger partial charge is 0.232 e. The van der Waals surface area contributed by atoms with Gasteiger partial charge in [0.1, 0.15) is 5.82 Å². The largest absolute Gasteiger partial charge is 0.326 e. The van der Waals surface area contributed by atoms with E-state index < -0.39 is 15.8 Å². The molecule has 8 heteroatoms. The number of carbonyl (C=O) groups excluding carboxylic acids is 2. The first-order chi connectivity index (χ1) is 16.9. The molecule has 6 nitrogen and oxygen atoms in total.